The van der Waals surface area contributed by atoms with E-state index in [1.54, 1.807) is 24.3 Å². The molecule has 2 aromatic carbocycles. The Labute approximate surface area is 166 Å². The number of hydrogen-bond donors (Lipinski definition) is 1. The van der Waals surface area contributed by atoms with Crippen LogP contribution >= 0.6 is 0 Å². The Bertz CT molecular complexity index is 1170. The van der Waals surface area contributed by atoms with Crippen molar-refractivity contribution in [2.24, 2.45) is 0 Å². The molecule has 0 radical (unpaired) electrons. The molecule has 1 aromatic heterocycles. The molecule has 0 amide bonds. The average molecular weight is 415 g/mol. The van der Waals surface area contributed by atoms with Crippen molar-refractivity contribution in [2.45, 2.75) is 24.4 Å². The molecule has 1 heterocycles. The third-order valence-corrected chi connectivity index (χ3v) is 6.41. The molecule has 0 bridgehead atoms. The van der Waals surface area contributed by atoms with E-state index in [9.17, 15) is 28.4 Å². The number of carbonyl (C=O) groups is 1. The van der Waals surface area contributed by atoms with Crippen LogP contribution in [0.2, 0.25) is 0 Å². The van der Waals surface area contributed by atoms with Crippen LogP contribution in [0.3, 0.4) is 0 Å². The van der Waals surface area contributed by atoms with Crippen molar-refractivity contribution < 1.29 is 23.2 Å². The minimum atomic E-state index is -4.24. The van der Waals surface area contributed by atoms with Crippen LogP contribution in [0.1, 0.15) is 12.5 Å². The molecule has 0 unspecified atom stereocenters. The summed E-state index contributed by atoms with van der Waals surface area (Å²) in [6.45, 7) is 1.00. The summed E-state index contributed by atoms with van der Waals surface area (Å²) in [6, 6.07) is 11.9. The van der Waals surface area contributed by atoms with Gasteiger partial charge in [-0.05, 0) is 24.6 Å². The van der Waals surface area contributed by atoms with Crippen molar-refractivity contribution in [3.8, 4) is 0 Å². The van der Waals surface area contributed by atoms with Crippen molar-refractivity contribution in [2.75, 3.05) is 0 Å². The number of nitro groups is 1. The quantitative estimate of drug-likeness (QED) is 0.464. The standard InChI is InChI=1S/C19H17N3O6S/c1-13(19(23)24)21(12-14-7-9-16(10-8-14)22(25)26)29(27,28)17-6-2-4-15-5-3-11-20-18(15)17/h2-11,13H,12H2,1H3,(H,23,24)/t13-/m0/s1. The Balaban J connectivity index is 2.08. The molecule has 0 aliphatic heterocycles. The van der Waals surface area contributed by atoms with E-state index in [4.69, 9.17) is 0 Å². The molecule has 3 aromatic rings. The number of aromatic nitrogens is 1. The third-order valence-electron chi connectivity index (χ3n) is 4.46. The Kier molecular flexibility index (Phi) is 5.57. The normalized spacial score (nSPS) is 12.8. The number of rotatable bonds is 7. The summed E-state index contributed by atoms with van der Waals surface area (Å²) >= 11 is 0. The topological polar surface area (TPSA) is 131 Å². The fourth-order valence-corrected chi connectivity index (χ4v) is 4.61. The van der Waals surface area contributed by atoms with Crippen LogP contribution in [-0.4, -0.2) is 39.7 Å². The van der Waals surface area contributed by atoms with Gasteiger partial charge in [-0.1, -0.05) is 30.3 Å². The highest BCUT2D eigenvalue weighted by molar-refractivity contribution is 7.89. The maximum absolute atomic E-state index is 13.4. The van der Waals surface area contributed by atoms with Gasteiger partial charge >= 0.3 is 5.97 Å². The van der Waals surface area contributed by atoms with Crippen LogP contribution in [0.4, 0.5) is 5.69 Å². The van der Waals surface area contributed by atoms with Crippen molar-refractivity contribution >= 4 is 32.6 Å². The van der Waals surface area contributed by atoms with Crippen molar-refractivity contribution in [1.29, 1.82) is 0 Å². The Hall–Kier alpha value is -3.37. The molecule has 0 aliphatic rings. The molecule has 0 fully saturated rings. The summed E-state index contributed by atoms with van der Waals surface area (Å²) in [5, 5.41) is 20.9. The molecular weight excluding hydrogens is 398 g/mol. The van der Waals surface area contributed by atoms with E-state index in [1.165, 1.54) is 43.5 Å². The molecule has 0 aliphatic carbocycles. The SMILES string of the molecule is C[C@@H](C(=O)O)N(Cc1ccc([N+](=O)[O-])cc1)S(=O)(=O)c1cccc2cccnc12. The van der Waals surface area contributed by atoms with Gasteiger partial charge < -0.3 is 5.11 Å². The van der Waals surface area contributed by atoms with Crippen LogP contribution < -0.4 is 0 Å². The lowest BCUT2D eigenvalue weighted by Crippen LogP contribution is -2.42. The zero-order chi connectivity index (χ0) is 21.2. The predicted molar refractivity (Wildman–Crippen MR) is 105 cm³/mol. The maximum Gasteiger partial charge on any atom is 0.321 e. The van der Waals surface area contributed by atoms with Gasteiger partial charge in [0.2, 0.25) is 10.0 Å². The van der Waals surface area contributed by atoms with Crippen molar-refractivity contribution in [1.82, 2.24) is 9.29 Å². The second kappa shape index (κ2) is 7.94. The highest BCUT2D eigenvalue weighted by atomic mass is 32.2. The first-order valence-corrected chi connectivity index (χ1v) is 9.97. The average Bonchev–Trinajstić information content (AvgIpc) is 2.71. The van der Waals surface area contributed by atoms with E-state index in [2.05, 4.69) is 4.98 Å². The number of sulfonamides is 1. The molecule has 0 saturated heterocycles. The number of carboxylic acids is 1. The lowest BCUT2D eigenvalue weighted by Gasteiger charge is -2.26. The minimum absolute atomic E-state index is 0.106. The molecule has 150 valence electrons. The molecule has 29 heavy (non-hydrogen) atoms. The minimum Gasteiger partial charge on any atom is -0.480 e. The van der Waals surface area contributed by atoms with Gasteiger partial charge in [-0.3, -0.25) is 19.9 Å². The van der Waals surface area contributed by atoms with E-state index >= 15 is 0 Å². The van der Waals surface area contributed by atoms with E-state index in [1.807, 2.05) is 0 Å². The van der Waals surface area contributed by atoms with Gasteiger partial charge in [0.05, 0.1) is 10.4 Å². The van der Waals surface area contributed by atoms with Gasteiger partial charge in [0.25, 0.3) is 5.69 Å². The zero-order valence-corrected chi connectivity index (χ0v) is 16.1. The van der Waals surface area contributed by atoms with Gasteiger partial charge in [0, 0.05) is 30.3 Å². The molecule has 1 atom stereocenters. The number of carboxylic acid groups (broad SMARTS) is 1. The Morgan fingerprint density at radius 3 is 2.45 bits per heavy atom. The molecule has 9 nitrogen and oxygen atoms in total. The van der Waals surface area contributed by atoms with E-state index in [0.29, 0.717) is 10.9 Å². The fraction of sp³-hybridized carbons (Fsp3) is 0.158. The first kappa shape index (κ1) is 20.4. The molecule has 10 heteroatoms. The van der Waals surface area contributed by atoms with E-state index in [0.717, 1.165) is 4.31 Å². The number of hydrogen-bond acceptors (Lipinski definition) is 6. The molecule has 1 N–H and O–H groups in total. The third kappa shape index (κ3) is 4.08. The first-order chi connectivity index (χ1) is 13.7. The Morgan fingerprint density at radius 2 is 1.83 bits per heavy atom. The van der Waals surface area contributed by atoms with Crippen molar-refractivity contribution in [3.05, 3.63) is 76.5 Å². The lowest BCUT2D eigenvalue weighted by molar-refractivity contribution is -0.384. The second-order valence-corrected chi connectivity index (χ2v) is 8.18. The number of non-ortho nitro benzene ring substituents is 1. The number of para-hydroxylation sites is 1. The Morgan fingerprint density at radius 1 is 1.17 bits per heavy atom. The highest BCUT2D eigenvalue weighted by Gasteiger charge is 2.34. The van der Waals surface area contributed by atoms with E-state index in [-0.39, 0.29) is 22.6 Å². The van der Waals surface area contributed by atoms with Crippen LogP contribution in [0, 0.1) is 10.1 Å². The number of nitrogens with zero attached hydrogens (tertiary/aromatic N) is 3. The summed E-state index contributed by atoms with van der Waals surface area (Å²) in [5.74, 6) is -1.32. The molecule has 0 saturated carbocycles. The predicted octanol–water partition coefficient (Wildman–Crippen LogP) is 2.81. The van der Waals surface area contributed by atoms with Crippen LogP contribution in [0.5, 0.6) is 0 Å². The van der Waals surface area contributed by atoms with Gasteiger partial charge in [0.15, 0.2) is 0 Å². The number of benzene rings is 2. The summed E-state index contributed by atoms with van der Waals surface area (Å²) in [4.78, 5) is 25.9. The largest absolute Gasteiger partial charge is 0.480 e. The van der Waals surface area contributed by atoms with Crippen LogP contribution in [-0.2, 0) is 21.4 Å². The van der Waals surface area contributed by atoms with Crippen LogP contribution in [0.15, 0.2) is 65.7 Å². The molecular formula is C19H17N3O6S. The van der Waals surface area contributed by atoms with Gasteiger partial charge in [-0.2, -0.15) is 4.31 Å². The summed E-state index contributed by atoms with van der Waals surface area (Å²) in [7, 11) is -4.24. The highest BCUT2D eigenvalue weighted by Crippen LogP contribution is 2.27. The number of aliphatic carboxylic acids is 1. The van der Waals surface area contributed by atoms with E-state index < -0.39 is 27.0 Å². The smallest absolute Gasteiger partial charge is 0.321 e. The van der Waals surface area contributed by atoms with Crippen LogP contribution in [0.25, 0.3) is 10.9 Å². The monoisotopic (exact) mass is 415 g/mol. The van der Waals surface area contributed by atoms with Crippen molar-refractivity contribution in [3.63, 3.8) is 0 Å². The van der Waals surface area contributed by atoms with Gasteiger partial charge in [0.1, 0.15) is 10.9 Å². The number of pyridine rings is 1. The summed E-state index contributed by atoms with van der Waals surface area (Å²) in [6.07, 6.45) is 1.46. The molecule has 3 rings (SSSR count). The number of fused-ring (bicyclic) bond motifs is 1. The fourth-order valence-electron chi connectivity index (χ4n) is 2.87. The maximum atomic E-state index is 13.4. The first-order valence-electron chi connectivity index (χ1n) is 8.53. The lowest BCUT2D eigenvalue weighted by atomic mass is 10.2. The number of nitro benzene ring substituents is 1. The van der Waals surface area contributed by atoms with Gasteiger partial charge in [-0.25, -0.2) is 8.42 Å². The second-order valence-electron chi connectivity index (χ2n) is 6.32. The summed E-state index contributed by atoms with van der Waals surface area (Å²) < 4.78 is 27.6. The van der Waals surface area contributed by atoms with Gasteiger partial charge in [-0.15, -0.1) is 0 Å². The molecule has 0 spiro atoms. The zero-order valence-electron chi connectivity index (χ0n) is 15.3. The summed E-state index contributed by atoms with van der Waals surface area (Å²) in [5.41, 5.74) is 0.509.